The van der Waals surface area contributed by atoms with Gasteiger partial charge in [-0.15, -0.1) is 0 Å². The molecule has 1 aromatic carbocycles. The number of rotatable bonds is 3. The van der Waals surface area contributed by atoms with Gasteiger partial charge in [0.15, 0.2) is 5.54 Å². The maximum absolute atomic E-state index is 12.8. The smallest absolute Gasteiger partial charge is 0.411 e. The number of likely N-dealkylation sites (tertiary alicyclic amines) is 1. The molecular weight excluding hydrogens is 310 g/mol. The van der Waals surface area contributed by atoms with Crippen LogP contribution in [0.25, 0.3) is 0 Å². The molecule has 0 spiro atoms. The van der Waals surface area contributed by atoms with Gasteiger partial charge < -0.3 is 14.6 Å². The first-order chi connectivity index (χ1) is 11.2. The van der Waals surface area contributed by atoms with E-state index >= 15 is 0 Å². The Morgan fingerprint density at radius 1 is 1.29 bits per heavy atom. The van der Waals surface area contributed by atoms with Crippen molar-refractivity contribution in [2.24, 2.45) is 0 Å². The first-order valence-corrected chi connectivity index (χ1v) is 8.02. The highest BCUT2D eigenvalue weighted by Gasteiger charge is 2.56. The van der Waals surface area contributed by atoms with Crippen LogP contribution in [0.3, 0.4) is 0 Å². The topological polar surface area (TPSA) is 76.1 Å². The predicted molar refractivity (Wildman–Crippen MR) is 88.3 cm³/mol. The van der Waals surface area contributed by atoms with E-state index in [4.69, 9.17) is 9.47 Å². The number of hydrogen-bond acceptors (Lipinski definition) is 5. The van der Waals surface area contributed by atoms with Crippen LogP contribution in [0, 0.1) is 0 Å². The second-order valence-corrected chi connectivity index (χ2v) is 7.00. The van der Waals surface area contributed by atoms with E-state index in [0.29, 0.717) is 12.8 Å². The molecule has 6 heteroatoms. The summed E-state index contributed by atoms with van der Waals surface area (Å²) < 4.78 is 10.4. The fraction of sp³-hybridized carbons (Fsp3) is 0.556. The lowest BCUT2D eigenvalue weighted by Crippen LogP contribution is -2.57. The zero-order valence-electron chi connectivity index (χ0n) is 14.6. The summed E-state index contributed by atoms with van der Waals surface area (Å²) in [7, 11) is 1.25. The zero-order valence-corrected chi connectivity index (χ0v) is 14.6. The summed E-state index contributed by atoms with van der Waals surface area (Å²) in [6.07, 6.45) is 0.224. The molecule has 2 atom stereocenters. The van der Waals surface area contributed by atoms with Gasteiger partial charge >= 0.3 is 12.1 Å². The molecule has 0 saturated carbocycles. The Morgan fingerprint density at radius 3 is 2.42 bits per heavy atom. The van der Waals surface area contributed by atoms with E-state index < -0.39 is 29.8 Å². The lowest BCUT2D eigenvalue weighted by Gasteiger charge is -2.38. The molecule has 0 unspecified atom stereocenters. The van der Waals surface area contributed by atoms with E-state index in [-0.39, 0.29) is 6.04 Å². The molecule has 132 valence electrons. The number of hydrogen-bond donors (Lipinski definition) is 1. The van der Waals surface area contributed by atoms with Crippen LogP contribution in [0.4, 0.5) is 4.79 Å². The lowest BCUT2D eigenvalue weighted by atomic mass is 9.97. The maximum atomic E-state index is 12.8. The number of amides is 1. The predicted octanol–water partition coefficient (Wildman–Crippen LogP) is 2.66. The third-order valence-corrected chi connectivity index (χ3v) is 4.21. The quantitative estimate of drug-likeness (QED) is 0.860. The van der Waals surface area contributed by atoms with E-state index in [2.05, 4.69) is 0 Å². The summed E-state index contributed by atoms with van der Waals surface area (Å²) in [6.45, 7) is 4.77. The lowest BCUT2D eigenvalue weighted by molar-refractivity contribution is -0.156. The van der Waals surface area contributed by atoms with Crippen LogP contribution in [0.15, 0.2) is 30.3 Å². The van der Waals surface area contributed by atoms with Crippen molar-refractivity contribution in [3.8, 4) is 0 Å². The molecule has 1 fully saturated rings. The highest BCUT2D eigenvalue weighted by atomic mass is 16.6. The number of esters is 1. The molecule has 1 aliphatic heterocycles. The normalized spacial score (nSPS) is 23.9. The second kappa shape index (κ2) is 6.81. The molecule has 0 bridgehead atoms. The highest BCUT2D eigenvalue weighted by Crippen LogP contribution is 2.44. The molecule has 1 saturated heterocycles. The molecule has 1 aromatic rings. The Balaban J connectivity index is 2.46. The minimum atomic E-state index is -1.42. The molecule has 6 nitrogen and oxygen atoms in total. The van der Waals surface area contributed by atoms with Crippen LogP contribution in [0.2, 0.25) is 0 Å². The number of aliphatic hydroxyl groups is 1. The standard InChI is InChI=1S/C18H25NO5/c1-17(2,3)24-16(22)19-14(13-8-6-5-7-9-13)10-11-18(19,12-20)15(21)23-4/h5-9,14,20H,10-12H2,1-4H3/t14-,18-/m0/s1. The Labute approximate surface area is 142 Å². The first-order valence-electron chi connectivity index (χ1n) is 8.02. The number of aliphatic hydroxyl groups excluding tert-OH is 1. The minimum absolute atomic E-state index is 0.314. The van der Waals surface area contributed by atoms with Gasteiger partial charge in [0.2, 0.25) is 0 Å². The molecular formula is C18H25NO5. The molecule has 0 radical (unpaired) electrons. The monoisotopic (exact) mass is 335 g/mol. The van der Waals surface area contributed by atoms with Gasteiger partial charge in [0, 0.05) is 0 Å². The van der Waals surface area contributed by atoms with E-state index in [1.54, 1.807) is 20.8 Å². The van der Waals surface area contributed by atoms with Gasteiger partial charge in [0.1, 0.15) is 5.60 Å². The third kappa shape index (κ3) is 3.38. The van der Waals surface area contributed by atoms with Crippen LogP contribution < -0.4 is 0 Å². The number of methoxy groups -OCH3 is 1. The molecule has 0 aromatic heterocycles. The van der Waals surface area contributed by atoms with Crippen molar-refractivity contribution >= 4 is 12.1 Å². The Morgan fingerprint density at radius 2 is 1.92 bits per heavy atom. The largest absolute Gasteiger partial charge is 0.467 e. The SMILES string of the molecule is COC(=O)[C@@]1(CO)CC[C@@H](c2ccccc2)N1C(=O)OC(C)(C)C. The van der Waals surface area contributed by atoms with E-state index in [0.717, 1.165) is 5.56 Å². The Kier molecular flexibility index (Phi) is 5.18. The fourth-order valence-corrected chi connectivity index (χ4v) is 3.14. The fourth-order valence-electron chi connectivity index (χ4n) is 3.14. The van der Waals surface area contributed by atoms with Crippen molar-refractivity contribution in [3.63, 3.8) is 0 Å². The summed E-state index contributed by atoms with van der Waals surface area (Å²) in [5.74, 6) is -0.630. The van der Waals surface area contributed by atoms with E-state index in [1.807, 2.05) is 30.3 Å². The van der Waals surface area contributed by atoms with Crippen molar-refractivity contribution in [1.29, 1.82) is 0 Å². The first kappa shape index (κ1) is 18.3. The number of carbonyl (C=O) groups is 2. The van der Waals surface area contributed by atoms with Gasteiger partial charge in [0.05, 0.1) is 19.8 Å². The van der Waals surface area contributed by atoms with E-state index in [1.165, 1.54) is 12.0 Å². The number of ether oxygens (including phenoxy) is 2. The maximum Gasteiger partial charge on any atom is 0.411 e. The van der Waals surface area contributed by atoms with Gasteiger partial charge in [-0.25, -0.2) is 9.59 Å². The van der Waals surface area contributed by atoms with Crippen molar-refractivity contribution in [1.82, 2.24) is 4.90 Å². The Bertz CT molecular complexity index is 595. The minimum Gasteiger partial charge on any atom is -0.467 e. The van der Waals surface area contributed by atoms with Gasteiger partial charge in [-0.2, -0.15) is 0 Å². The van der Waals surface area contributed by atoms with Gasteiger partial charge in [-0.1, -0.05) is 30.3 Å². The van der Waals surface area contributed by atoms with Gasteiger partial charge in [-0.05, 0) is 39.2 Å². The van der Waals surface area contributed by atoms with Gasteiger partial charge in [0.25, 0.3) is 0 Å². The summed E-state index contributed by atoms with van der Waals surface area (Å²) in [4.78, 5) is 26.6. The highest BCUT2D eigenvalue weighted by molar-refractivity contribution is 5.87. The van der Waals surface area contributed by atoms with E-state index in [9.17, 15) is 14.7 Å². The third-order valence-electron chi connectivity index (χ3n) is 4.21. The second-order valence-electron chi connectivity index (χ2n) is 7.00. The van der Waals surface area contributed by atoms with Crippen molar-refractivity contribution in [3.05, 3.63) is 35.9 Å². The summed E-state index contributed by atoms with van der Waals surface area (Å²) in [5.41, 5.74) is -1.24. The average molecular weight is 335 g/mol. The average Bonchev–Trinajstić information content (AvgIpc) is 2.94. The molecule has 1 aliphatic rings. The molecule has 1 heterocycles. The molecule has 1 amide bonds. The molecule has 2 rings (SSSR count). The van der Waals surface area contributed by atoms with Crippen LogP contribution >= 0.6 is 0 Å². The van der Waals surface area contributed by atoms with Gasteiger partial charge in [-0.3, -0.25) is 4.90 Å². The Hall–Kier alpha value is -2.08. The summed E-state index contributed by atoms with van der Waals surface area (Å²) in [6, 6.07) is 9.07. The van der Waals surface area contributed by atoms with Crippen LogP contribution in [-0.2, 0) is 14.3 Å². The van der Waals surface area contributed by atoms with Crippen molar-refractivity contribution in [2.75, 3.05) is 13.7 Å². The number of carbonyl (C=O) groups excluding carboxylic acids is 2. The summed E-state index contributed by atoms with van der Waals surface area (Å²) in [5, 5.41) is 9.95. The van der Waals surface area contributed by atoms with Crippen molar-refractivity contribution < 1.29 is 24.2 Å². The van der Waals surface area contributed by atoms with Crippen LogP contribution in [0.1, 0.15) is 45.2 Å². The van der Waals surface area contributed by atoms with Crippen LogP contribution in [0.5, 0.6) is 0 Å². The molecule has 24 heavy (non-hydrogen) atoms. The zero-order chi connectivity index (χ0) is 18.0. The molecule has 1 N–H and O–H groups in total. The number of nitrogens with zero attached hydrogens (tertiary/aromatic N) is 1. The van der Waals surface area contributed by atoms with Crippen molar-refractivity contribution in [2.45, 2.75) is 50.8 Å². The number of benzene rings is 1. The molecule has 0 aliphatic carbocycles. The van der Waals surface area contributed by atoms with Crippen LogP contribution in [-0.4, -0.2) is 46.9 Å². The summed E-state index contributed by atoms with van der Waals surface area (Å²) >= 11 is 0.